The topological polar surface area (TPSA) is 50.4 Å². The van der Waals surface area contributed by atoms with E-state index >= 15 is 0 Å². The lowest BCUT2D eigenvalue weighted by atomic mass is 10.1. The average Bonchev–Trinajstić information content (AvgIpc) is 2.62. The fourth-order valence-electron chi connectivity index (χ4n) is 2.32. The molecule has 0 unspecified atom stereocenters. The molecule has 0 fully saturated rings. The summed E-state index contributed by atoms with van der Waals surface area (Å²) in [7, 11) is 0. The second-order valence-corrected chi connectivity index (χ2v) is 6.12. The standard InChI is InChI=1S/C19H15ClN2O2S/c20-14-8-10-15(11-9-14)21-19(25)22-18(23)12-24-17-7-3-5-13-4-1-2-6-16(13)17/h1-11H,12H2,(H2,21,22,23,25). The Morgan fingerprint density at radius 1 is 1.00 bits per heavy atom. The summed E-state index contributed by atoms with van der Waals surface area (Å²) in [5.41, 5.74) is 0.740. The van der Waals surface area contributed by atoms with Gasteiger partial charge in [0, 0.05) is 16.1 Å². The molecule has 126 valence electrons. The van der Waals surface area contributed by atoms with Gasteiger partial charge in [0.2, 0.25) is 0 Å². The summed E-state index contributed by atoms with van der Waals surface area (Å²) in [4.78, 5) is 12.0. The van der Waals surface area contributed by atoms with Crippen LogP contribution in [0.25, 0.3) is 10.8 Å². The van der Waals surface area contributed by atoms with Crippen LogP contribution in [0.1, 0.15) is 0 Å². The third kappa shape index (κ3) is 4.68. The van der Waals surface area contributed by atoms with Crippen LogP contribution in [0.5, 0.6) is 5.75 Å². The van der Waals surface area contributed by atoms with E-state index in [1.54, 1.807) is 24.3 Å². The quantitative estimate of drug-likeness (QED) is 0.669. The van der Waals surface area contributed by atoms with Gasteiger partial charge in [-0.3, -0.25) is 10.1 Å². The number of amides is 1. The van der Waals surface area contributed by atoms with E-state index in [0.717, 1.165) is 16.5 Å². The molecule has 0 radical (unpaired) electrons. The molecule has 0 heterocycles. The first-order chi connectivity index (χ1) is 12.1. The van der Waals surface area contributed by atoms with E-state index in [4.69, 9.17) is 28.6 Å². The monoisotopic (exact) mass is 370 g/mol. The van der Waals surface area contributed by atoms with Gasteiger partial charge in [-0.05, 0) is 47.9 Å². The first kappa shape index (κ1) is 17.2. The van der Waals surface area contributed by atoms with Crippen LogP contribution in [-0.4, -0.2) is 17.6 Å². The van der Waals surface area contributed by atoms with Gasteiger partial charge in [0.05, 0.1) is 0 Å². The van der Waals surface area contributed by atoms with E-state index in [0.29, 0.717) is 10.8 Å². The Morgan fingerprint density at radius 3 is 2.52 bits per heavy atom. The molecule has 3 aromatic carbocycles. The highest BCUT2D eigenvalue weighted by Gasteiger charge is 2.08. The van der Waals surface area contributed by atoms with Crippen LogP contribution in [0.2, 0.25) is 5.02 Å². The Labute approximate surface area is 155 Å². The number of carbonyl (C=O) groups excluding carboxylic acids is 1. The lowest BCUT2D eigenvalue weighted by Crippen LogP contribution is -2.37. The lowest BCUT2D eigenvalue weighted by molar-refractivity contribution is -0.121. The molecule has 25 heavy (non-hydrogen) atoms. The molecule has 1 amide bonds. The summed E-state index contributed by atoms with van der Waals surface area (Å²) in [6.45, 7) is -0.129. The molecule has 0 bridgehead atoms. The smallest absolute Gasteiger partial charge is 0.264 e. The van der Waals surface area contributed by atoms with Crippen LogP contribution in [0, 0.1) is 0 Å². The molecule has 6 heteroatoms. The van der Waals surface area contributed by atoms with Gasteiger partial charge in [-0.1, -0.05) is 48.0 Å². The molecular formula is C19H15ClN2O2S. The molecule has 4 nitrogen and oxygen atoms in total. The Morgan fingerprint density at radius 2 is 1.72 bits per heavy atom. The molecule has 0 saturated carbocycles. The highest BCUT2D eigenvalue weighted by molar-refractivity contribution is 7.80. The molecule has 0 spiro atoms. The third-order valence-electron chi connectivity index (χ3n) is 3.46. The average molecular weight is 371 g/mol. The summed E-state index contributed by atoms with van der Waals surface area (Å²) >= 11 is 10.9. The van der Waals surface area contributed by atoms with Crippen LogP contribution in [-0.2, 0) is 4.79 Å². The van der Waals surface area contributed by atoms with Crippen molar-refractivity contribution in [2.24, 2.45) is 0 Å². The van der Waals surface area contributed by atoms with Crippen LogP contribution in [0.15, 0.2) is 66.7 Å². The van der Waals surface area contributed by atoms with Crippen molar-refractivity contribution in [1.29, 1.82) is 0 Å². The molecule has 0 aliphatic carbocycles. The van der Waals surface area contributed by atoms with Gasteiger partial charge in [-0.15, -0.1) is 0 Å². The molecule has 0 aliphatic heterocycles. The van der Waals surface area contributed by atoms with Gasteiger partial charge >= 0.3 is 0 Å². The number of carbonyl (C=O) groups is 1. The number of nitrogens with one attached hydrogen (secondary N) is 2. The predicted molar refractivity (Wildman–Crippen MR) is 105 cm³/mol. The summed E-state index contributed by atoms with van der Waals surface area (Å²) < 4.78 is 5.63. The first-order valence-electron chi connectivity index (χ1n) is 7.59. The predicted octanol–water partition coefficient (Wildman–Crippen LogP) is 4.39. The van der Waals surface area contributed by atoms with Crippen LogP contribution in [0.3, 0.4) is 0 Å². The maximum absolute atomic E-state index is 12.0. The lowest BCUT2D eigenvalue weighted by Gasteiger charge is -2.11. The van der Waals surface area contributed by atoms with Gasteiger partial charge in [0.15, 0.2) is 11.7 Å². The van der Waals surface area contributed by atoms with Gasteiger partial charge in [-0.25, -0.2) is 0 Å². The van der Waals surface area contributed by atoms with Gasteiger partial charge in [0.1, 0.15) is 5.75 Å². The van der Waals surface area contributed by atoms with E-state index < -0.39 is 0 Å². The number of fused-ring (bicyclic) bond motifs is 1. The van der Waals surface area contributed by atoms with Crippen molar-refractivity contribution in [2.75, 3.05) is 11.9 Å². The number of anilines is 1. The minimum atomic E-state index is -0.334. The number of halogens is 1. The SMILES string of the molecule is O=C(COc1cccc2ccccc12)NC(=S)Nc1ccc(Cl)cc1. The molecular weight excluding hydrogens is 356 g/mol. The van der Waals surface area contributed by atoms with Crippen molar-refractivity contribution in [1.82, 2.24) is 5.32 Å². The largest absolute Gasteiger partial charge is 0.483 e. The number of hydrogen-bond acceptors (Lipinski definition) is 3. The van der Waals surface area contributed by atoms with E-state index in [2.05, 4.69) is 10.6 Å². The highest BCUT2D eigenvalue weighted by Crippen LogP contribution is 2.24. The van der Waals surface area contributed by atoms with Crippen LogP contribution < -0.4 is 15.4 Å². The minimum Gasteiger partial charge on any atom is -0.483 e. The third-order valence-corrected chi connectivity index (χ3v) is 3.92. The fraction of sp³-hybridized carbons (Fsp3) is 0.0526. The van der Waals surface area contributed by atoms with Gasteiger partial charge < -0.3 is 10.1 Å². The summed E-state index contributed by atoms with van der Waals surface area (Å²) in [5, 5.41) is 8.34. The molecule has 0 aromatic heterocycles. The van der Waals surface area contributed by atoms with Crippen LogP contribution in [0.4, 0.5) is 5.69 Å². The molecule has 0 saturated heterocycles. The van der Waals surface area contributed by atoms with Crippen molar-refractivity contribution >= 4 is 51.3 Å². The fourth-order valence-corrected chi connectivity index (χ4v) is 2.68. The number of thiocarbonyl (C=S) groups is 1. The van der Waals surface area contributed by atoms with E-state index in [1.165, 1.54) is 0 Å². The molecule has 2 N–H and O–H groups in total. The Kier molecular flexibility index (Phi) is 5.48. The Balaban J connectivity index is 1.55. The van der Waals surface area contributed by atoms with Crippen LogP contribution >= 0.6 is 23.8 Å². The number of benzene rings is 3. The van der Waals surface area contributed by atoms with Gasteiger partial charge in [-0.2, -0.15) is 0 Å². The zero-order valence-electron chi connectivity index (χ0n) is 13.2. The zero-order chi connectivity index (χ0) is 17.6. The highest BCUT2D eigenvalue weighted by atomic mass is 35.5. The summed E-state index contributed by atoms with van der Waals surface area (Å²) in [6.07, 6.45) is 0. The maximum atomic E-state index is 12.0. The van der Waals surface area contributed by atoms with E-state index in [-0.39, 0.29) is 17.6 Å². The van der Waals surface area contributed by atoms with Crippen molar-refractivity contribution < 1.29 is 9.53 Å². The molecule has 3 aromatic rings. The van der Waals surface area contributed by atoms with Crippen molar-refractivity contribution in [3.63, 3.8) is 0 Å². The Hall–Kier alpha value is -2.63. The normalized spacial score (nSPS) is 10.3. The molecule has 0 atom stereocenters. The first-order valence-corrected chi connectivity index (χ1v) is 8.37. The number of ether oxygens (including phenoxy) is 1. The van der Waals surface area contributed by atoms with Gasteiger partial charge in [0.25, 0.3) is 5.91 Å². The molecule has 3 rings (SSSR count). The van der Waals surface area contributed by atoms with Crippen molar-refractivity contribution in [3.05, 3.63) is 71.8 Å². The van der Waals surface area contributed by atoms with Crippen molar-refractivity contribution in [3.8, 4) is 5.75 Å². The van der Waals surface area contributed by atoms with E-state index in [1.807, 2.05) is 42.5 Å². The number of rotatable bonds is 4. The van der Waals surface area contributed by atoms with E-state index in [9.17, 15) is 4.79 Å². The Bertz CT molecular complexity index is 907. The summed E-state index contributed by atoms with van der Waals surface area (Å²) in [5.74, 6) is 0.323. The summed E-state index contributed by atoms with van der Waals surface area (Å²) in [6, 6.07) is 20.6. The molecule has 0 aliphatic rings. The second kappa shape index (κ2) is 7.96. The second-order valence-electron chi connectivity index (χ2n) is 5.28. The maximum Gasteiger partial charge on any atom is 0.264 e. The minimum absolute atomic E-state index is 0.129. The zero-order valence-corrected chi connectivity index (χ0v) is 14.7. The number of hydrogen-bond donors (Lipinski definition) is 2. The van der Waals surface area contributed by atoms with Crippen molar-refractivity contribution in [2.45, 2.75) is 0 Å².